The number of rotatable bonds is 12. The quantitative estimate of drug-likeness (QED) is 0.472. The standard InChI is InChI=1S/C21H29N3O6S/c1-21(2,15-29-12-4-10-24-11-9-19(25)22-20(24)26)23-31(27,28)18-6-3-5-17(13-18)30-14-16-7-8-16/h3,5-6,9,11,13,16,23H,4,7-8,10,12,14-15H2,1-2H3,(H,22,25,26). The molecule has 0 unspecified atom stereocenters. The van der Waals surface area contributed by atoms with Crippen molar-refractivity contribution < 1.29 is 17.9 Å². The molecule has 0 amide bonds. The van der Waals surface area contributed by atoms with E-state index in [1.807, 2.05) is 0 Å². The third kappa shape index (κ3) is 7.34. The molecule has 31 heavy (non-hydrogen) atoms. The summed E-state index contributed by atoms with van der Waals surface area (Å²) in [4.78, 5) is 25.0. The Morgan fingerprint density at radius 1 is 1.23 bits per heavy atom. The van der Waals surface area contributed by atoms with Crippen LogP contribution in [0.5, 0.6) is 5.75 Å². The zero-order valence-electron chi connectivity index (χ0n) is 17.8. The highest BCUT2D eigenvalue weighted by Gasteiger charge is 2.27. The van der Waals surface area contributed by atoms with Gasteiger partial charge in [0, 0.05) is 31.5 Å². The Morgan fingerprint density at radius 2 is 2.00 bits per heavy atom. The van der Waals surface area contributed by atoms with E-state index in [1.165, 1.54) is 29.0 Å². The lowest BCUT2D eigenvalue weighted by Gasteiger charge is -2.26. The molecule has 0 spiro atoms. The Kier molecular flexibility index (Phi) is 7.34. The van der Waals surface area contributed by atoms with Gasteiger partial charge < -0.3 is 14.0 Å². The Bertz CT molecular complexity index is 1100. The van der Waals surface area contributed by atoms with E-state index in [9.17, 15) is 18.0 Å². The fourth-order valence-corrected chi connectivity index (χ4v) is 4.40. The molecule has 0 bridgehead atoms. The SMILES string of the molecule is CC(C)(COCCCn1ccc(=O)[nH]c1=O)NS(=O)(=O)c1cccc(OCC2CC2)c1. The molecule has 0 radical (unpaired) electrons. The number of nitrogens with one attached hydrogen (secondary N) is 2. The summed E-state index contributed by atoms with van der Waals surface area (Å²) >= 11 is 0. The molecular formula is C21H29N3O6S. The number of aryl methyl sites for hydroxylation is 1. The summed E-state index contributed by atoms with van der Waals surface area (Å²) in [5.41, 5.74) is -1.74. The van der Waals surface area contributed by atoms with Gasteiger partial charge in [-0.3, -0.25) is 9.78 Å². The molecule has 9 nitrogen and oxygen atoms in total. The van der Waals surface area contributed by atoms with Gasteiger partial charge in [0.25, 0.3) is 5.56 Å². The van der Waals surface area contributed by atoms with Crippen LogP contribution >= 0.6 is 0 Å². The topological polar surface area (TPSA) is 119 Å². The van der Waals surface area contributed by atoms with Crippen LogP contribution in [0.15, 0.2) is 51.0 Å². The minimum Gasteiger partial charge on any atom is -0.493 e. The highest BCUT2D eigenvalue weighted by atomic mass is 32.2. The van der Waals surface area contributed by atoms with Crippen LogP contribution in [0, 0.1) is 5.92 Å². The van der Waals surface area contributed by atoms with Crippen molar-refractivity contribution in [2.24, 2.45) is 5.92 Å². The van der Waals surface area contributed by atoms with E-state index in [-0.39, 0.29) is 11.5 Å². The minimum absolute atomic E-state index is 0.145. The Labute approximate surface area is 181 Å². The smallest absolute Gasteiger partial charge is 0.328 e. The van der Waals surface area contributed by atoms with Gasteiger partial charge in [0.1, 0.15) is 5.75 Å². The van der Waals surface area contributed by atoms with Crippen LogP contribution in [-0.4, -0.2) is 43.3 Å². The average molecular weight is 452 g/mol. The second-order valence-corrected chi connectivity index (χ2v) is 10.1. The van der Waals surface area contributed by atoms with Gasteiger partial charge in [0.05, 0.1) is 23.6 Å². The number of ether oxygens (including phenoxy) is 2. The Morgan fingerprint density at radius 3 is 2.71 bits per heavy atom. The lowest BCUT2D eigenvalue weighted by molar-refractivity contribution is 0.0872. The number of H-pyrrole nitrogens is 1. The van der Waals surface area contributed by atoms with Crippen LogP contribution in [0.4, 0.5) is 0 Å². The highest BCUT2D eigenvalue weighted by Crippen LogP contribution is 2.30. The lowest BCUT2D eigenvalue weighted by atomic mass is 10.1. The monoisotopic (exact) mass is 451 g/mol. The first-order valence-corrected chi connectivity index (χ1v) is 11.8. The largest absolute Gasteiger partial charge is 0.493 e. The predicted octanol–water partition coefficient (Wildman–Crippen LogP) is 1.49. The maximum absolute atomic E-state index is 12.8. The molecule has 0 atom stereocenters. The fraction of sp³-hybridized carbons (Fsp3) is 0.524. The van der Waals surface area contributed by atoms with Crippen molar-refractivity contribution in [1.29, 1.82) is 0 Å². The van der Waals surface area contributed by atoms with Gasteiger partial charge in [-0.2, -0.15) is 0 Å². The second-order valence-electron chi connectivity index (χ2n) is 8.43. The van der Waals surface area contributed by atoms with Gasteiger partial charge in [0.2, 0.25) is 10.0 Å². The molecule has 1 fully saturated rings. The maximum atomic E-state index is 12.8. The Balaban J connectivity index is 1.47. The first-order valence-electron chi connectivity index (χ1n) is 10.3. The molecule has 1 aliphatic carbocycles. The number of sulfonamides is 1. The third-order valence-corrected chi connectivity index (χ3v) is 6.45. The molecule has 1 aromatic heterocycles. The van der Waals surface area contributed by atoms with Gasteiger partial charge >= 0.3 is 5.69 Å². The van der Waals surface area contributed by atoms with Crippen LogP contribution in [-0.2, 0) is 21.3 Å². The first-order chi connectivity index (χ1) is 14.6. The van der Waals surface area contributed by atoms with Crippen LogP contribution < -0.4 is 20.7 Å². The number of hydrogen-bond acceptors (Lipinski definition) is 6. The molecule has 2 aromatic rings. The maximum Gasteiger partial charge on any atom is 0.328 e. The van der Waals surface area contributed by atoms with E-state index in [0.717, 1.165) is 12.8 Å². The lowest BCUT2D eigenvalue weighted by Crippen LogP contribution is -2.46. The molecule has 10 heteroatoms. The van der Waals surface area contributed by atoms with Crippen LogP contribution in [0.25, 0.3) is 0 Å². The predicted molar refractivity (Wildman–Crippen MR) is 116 cm³/mol. The molecule has 2 N–H and O–H groups in total. The van der Waals surface area contributed by atoms with E-state index < -0.39 is 26.8 Å². The second kappa shape index (κ2) is 9.80. The van der Waals surface area contributed by atoms with Crippen LogP contribution in [0.2, 0.25) is 0 Å². The third-order valence-electron chi connectivity index (χ3n) is 4.76. The summed E-state index contributed by atoms with van der Waals surface area (Å²) in [5.74, 6) is 1.12. The molecule has 170 valence electrons. The van der Waals surface area contributed by atoms with Crippen molar-refractivity contribution in [3.63, 3.8) is 0 Å². The summed E-state index contributed by atoms with van der Waals surface area (Å²) in [6, 6.07) is 7.77. The van der Waals surface area contributed by atoms with Gasteiger partial charge in [-0.15, -0.1) is 0 Å². The molecular weight excluding hydrogens is 422 g/mol. The zero-order chi connectivity index (χ0) is 22.5. The van der Waals surface area contributed by atoms with Crippen molar-refractivity contribution in [2.45, 2.75) is 50.1 Å². The summed E-state index contributed by atoms with van der Waals surface area (Å²) in [7, 11) is -3.75. The Hall–Kier alpha value is -2.43. The highest BCUT2D eigenvalue weighted by molar-refractivity contribution is 7.89. The van der Waals surface area contributed by atoms with Crippen molar-refractivity contribution in [3.8, 4) is 5.75 Å². The van der Waals surface area contributed by atoms with Crippen molar-refractivity contribution >= 4 is 10.0 Å². The van der Waals surface area contributed by atoms with Gasteiger partial charge in [0.15, 0.2) is 0 Å². The van der Waals surface area contributed by atoms with Crippen LogP contribution in [0.1, 0.15) is 33.1 Å². The molecule has 3 rings (SSSR count). The molecule has 1 aromatic carbocycles. The van der Waals surface area contributed by atoms with Gasteiger partial charge in [-0.25, -0.2) is 17.9 Å². The van der Waals surface area contributed by atoms with E-state index in [0.29, 0.717) is 37.8 Å². The molecule has 1 heterocycles. The van der Waals surface area contributed by atoms with E-state index in [4.69, 9.17) is 9.47 Å². The molecule has 1 aliphatic rings. The number of nitrogens with zero attached hydrogens (tertiary/aromatic N) is 1. The van der Waals surface area contributed by atoms with Crippen molar-refractivity contribution in [3.05, 3.63) is 57.4 Å². The minimum atomic E-state index is -3.75. The van der Waals surface area contributed by atoms with Crippen molar-refractivity contribution in [1.82, 2.24) is 14.3 Å². The summed E-state index contributed by atoms with van der Waals surface area (Å²) in [6.45, 7) is 4.97. The summed E-state index contributed by atoms with van der Waals surface area (Å²) < 4.78 is 41.0. The average Bonchev–Trinajstić information content (AvgIpc) is 3.51. The van der Waals surface area contributed by atoms with Gasteiger partial charge in [-0.05, 0) is 51.2 Å². The van der Waals surface area contributed by atoms with E-state index in [1.54, 1.807) is 26.0 Å². The van der Waals surface area contributed by atoms with E-state index in [2.05, 4.69) is 9.71 Å². The summed E-state index contributed by atoms with van der Waals surface area (Å²) in [6.07, 6.45) is 4.29. The van der Waals surface area contributed by atoms with E-state index >= 15 is 0 Å². The molecule has 0 saturated heterocycles. The van der Waals surface area contributed by atoms with Crippen LogP contribution in [0.3, 0.4) is 0 Å². The van der Waals surface area contributed by atoms with Crippen molar-refractivity contribution in [2.75, 3.05) is 19.8 Å². The number of benzene rings is 1. The fourth-order valence-electron chi connectivity index (χ4n) is 2.97. The number of aromatic nitrogens is 2. The number of aromatic amines is 1. The first kappa shape index (κ1) is 23.2. The number of hydrogen-bond donors (Lipinski definition) is 2. The molecule has 0 aliphatic heterocycles. The normalized spacial score (nSPS) is 14.5. The molecule has 1 saturated carbocycles. The summed E-state index contributed by atoms with van der Waals surface area (Å²) in [5, 5.41) is 0. The zero-order valence-corrected chi connectivity index (χ0v) is 18.6. The van der Waals surface area contributed by atoms with Gasteiger partial charge in [-0.1, -0.05) is 6.07 Å².